The van der Waals surface area contributed by atoms with E-state index in [1.54, 1.807) is 0 Å². The molecule has 0 aliphatic heterocycles. The van der Waals surface area contributed by atoms with Crippen LogP contribution in [0.15, 0.2) is 36.5 Å². The SMILES string of the molecule is CSC1(CNCc2ccnc3ccccc23)CCCC1. The summed E-state index contributed by atoms with van der Waals surface area (Å²) in [5, 5.41) is 4.95. The number of fused-ring (bicyclic) bond motifs is 1. The quantitative estimate of drug-likeness (QED) is 0.899. The fourth-order valence-corrected chi connectivity index (χ4v) is 4.15. The molecule has 1 heterocycles. The Morgan fingerprint density at radius 3 is 2.80 bits per heavy atom. The van der Waals surface area contributed by atoms with E-state index in [4.69, 9.17) is 0 Å². The van der Waals surface area contributed by atoms with Gasteiger partial charge < -0.3 is 5.32 Å². The van der Waals surface area contributed by atoms with Crippen molar-refractivity contribution in [1.82, 2.24) is 10.3 Å². The second-order valence-electron chi connectivity index (χ2n) is 5.69. The van der Waals surface area contributed by atoms with Crippen LogP contribution in [0.2, 0.25) is 0 Å². The molecule has 1 aliphatic carbocycles. The third-order valence-corrected chi connectivity index (χ3v) is 5.87. The topological polar surface area (TPSA) is 24.9 Å². The fourth-order valence-electron chi connectivity index (χ4n) is 3.21. The molecule has 1 aromatic carbocycles. The second-order valence-corrected chi connectivity index (χ2v) is 6.96. The highest BCUT2D eigenvalue weighted by Gasteiger charge is 2.32. The van der Waals surface area contributed by atoms with Gasteiger partial charge in [0.2, 0.25) is 0 Å². The minimum atomic E-state index is 0.475. The molecule has 1 saturated carbocycles. The van der Waals surface area contributed by atoms with Gasteiger partial charge in [-0.3, -0.25) is 4.98 Å². The molecule has 1 fully saturated rings. The molecule has 0 saturated heterocycles. The zero-order chi connectivity index (χ0) is 13.8. The summed E-state index contributed by atoms with van der Waals surface area (Å²) in [4.78, 5) is 4.43. The molecule has 0 bridgehead atoms. The van der Waals surface area contributed by atoms with Crippen LogP contribution in [0.1, 0.15) is 31.2 Å². The molecule has 20 heavy (non-hydrogen) atoms. The lowest BCUT2D eigenvalue weighted by molar-refractivity contribution is 0.534. The summed E-state index contributed by atoms with van der Waals surface area (Å²) >= 11 is 2.04. The number of nitrogens with zero attached hydrogens (tertiary/aromatic N) is 1. The largest absolute Gasteiger partial charge is 0.311 e. The maximum Gasteiger partial charge on any atom is 0.0705 e. The molecule has 0 atom stereocenters. The Bertz CT molecular complexity index is 571. The molecule has 1 aromatic heterocycles. The predicted molar refractivity (Wildman–Crippen MR) is 88.2 cm³/mol. The lowest BCUT2D eigenvalue weighted by Gasteiger charge is -2.27. The number of para-hydroxylation sites is 1. The van der Waals surface area contributed by atoms with E-state index in [1.807, 2.05) is 24.0 Å². The van der Waals surface area contributed by atoms with E-state index < -0.39 is 0 Å². The Balaban J connectivity index is 1.68. The van der Waals surface area contributed by atoms with E-state index in [0.717, 1.165) is 18.6 Å². The molecule has 0 radical (unpaired) electrons. The van der Waals surface area contributed by atoms with E-state index in [0.29, 0.717) is 4.75 Å². The van der Waals surface area contributed by atoms with E-state index in [2.05, 4.69) is 40.8 Å². The third-order valence-electron chi connectivity index (χ3n) is 4.45. The maximum atomic E-state index is 4.43. The van der Waals surface area contributed by atoms with Crippen LogP contribution in [-0.2, 0) is 6.54 Å². The molecule has 1 N–H and O–H groups in total. The highest BCUT2D eigenvalue weighted by atomic mass is 32.2. The molecule has 0 unspecified atom stereocenters. The van der Waals surface area contributed by atoms with Crippen molar-refractivity contribution in [1.29, 1.82) is 0 Å². The Hall–Kier alpha value is -1.06. The van der Waals surface area contributed by atoms with Gasteiger partial charge in [0.1, 0.15) is 0 Å². The standard InChI is InChI=1S/C17H22N2S/c1-20-17(9-4-5-10-17)13-18-12-14-8-11-19-16-7-3-2-6-15(14)16/h2-3,6-8,11,18H,4-5,9-10,12-13H2,1H3. The zero-order valence-corrected chi connectivity index (χ0v) is 12.9. The molecule has 0 spiro atoms. The number of aromatic nitrogens is 1. The highest BCUT2D eigenvalue weighted by molar-refractivity contribution is 8.00. The number of nitrogens with one attached hydrogen (secondary N) is 1. The summed E-state index contributed by atoms with van der Waals surface area (Å²) in [6, 6.07) is 10.5. The fraction of sp³-hybridized carbons (Fsp3) is 0.471. The van der Waals surface area contributed by atoms with Gasteiger partial charge in [0.25, 0.3) is 0 Å². The van der Waals surface area contributed by atoms with E-state index in [-0.39, 0.29) is 0 Å². The van der Waals surface area contributed by atoms with Gasteiger partial charge in [-0.1, -0.05) is 31.0 Å². The Morgan fingerprint density at radius 2 is 2.00 bits per heavy atom. The van der Waals surface area contributed by atoms with Crippen molar-refractivity contribution < 1.29 is 0 Å². The van der Waals surface area contributed by atoms with Gasteiger partial charge in [0.15, 0.2) is 0 Å². The van der Waals surface area contributed by atoms with Crippen molar-refractivity contribution in [2.24, 2.45) is 0 Å². The molecule has 0 amide bonds. The summed E-state index contributed by atoms with van der Waals surface area (Å²) in [5.41, 5.74) is 2.44. The van der Waals surface area contributed by atoms with Crippen molar-refractivity contribution in [3.8, 4) is 0 Å². The molecule has 2 nitrogen and oxygen atoms in total. The average Bonchev–Trinajstić information content (AvgIpc) is 2.97. The van der Waals surface area contributed by atoms with Gasteiger partial charge in [-0.05, 0) is 36.8 Å². The number of hydrogen-bond acceptors (Lipinski definition) is 3. The Labute approximate surface area is 125 Å². The van der Waals surface area contributed by atoms with Crippen molar-refractivity contribution in [2.45, 2.75) is 37.0 Å². The van der Waals surface area contributed by atoms with Crippen molar-refractivity contribution in [3.63, 3.8) is 0 Å². The number of hydrogen-bond donors (Lipinski definition) is 1. The van der Waals surface area contributed by atoms with Crippen LogP contribution in [0.3, 0.4) is 0 Å². The normalized spacial score (nSPS) is 17.6. The summed E-state index contributed by atoms with van der Waals surface area (Å²) in [6.45, 7) is 2.05. The van der Waals surface area contributed by atoms with Crippen molar-refractivity contribution in [3.05, 3.63) is 42.1 Å². The maximum absolute atomic E-state index is 4.43. The number of benzene rings is 1. The van der Waals surface area contributed by atoms with Crippen LogP contribution in [0.5, 0.6) is 0 Å². The zero-order valence-electron chi connectivity index (χ0n) is 12.1. The second kappa shape index (κ2) is 6.15. The van der Waals surface area contributed by atoms with Crippen LogP contribution < -0.4 is 5.32 Å². The molecular weight excluding hydrogens is 264 g/mol. The van der Waals surface area contributed by atoms with Gasteiger partial charge in [-0.2, -0.15) is 11.8 Å². The summed E-state index contributed by atoms with van der Waals surface area (Å²) in [7, 11) is 0. The summed E-state index contributed by atoms with van der Waals surface area (Å²) < 4.78 is 0.475. The first-order valence-corrected chi connectivity index (χ1v) is 8.64. The van der Waals surface area contributed by atoms with E-state index >= 15 is 0 Å². The minimum Gasteiger partial charge on any atom is -0.311 e. The number of thioether (sulfide) groups is 1. The lowest BCUT2D eigenvalue weighted by Crippen LogP contribution is -2.34. The van der Waals surface area contributed by atoms with Crippen LogP contribution >= 0.6 is 11.8 Å². The van der Waals surface area contributed by atoms with Gasteiger partial charge >= 0.3 is 0 Å². The predicted octanol–water partition coefficient (Wildman–Crippen LogP) is 4.00. The van der Waals surface area contributed by atoms with Crippen LogP contribution in [0.4, 0.5) is 0 Å². The molecule has 1 aliphatic rings. The lowest BCUT2D eigenvalue weighted by atomic mass is 10.1. The molecule has 106 valence electrons. The monoisotopic (exact) mass is 286 g/mol. The summed E-state index contributed by atoms with van der Waals surface area (Å²) in [5.74, 6) is 0. The number of pyridine rings is 1. The van der Waals surface area contributed by atoms with Gasteiger partial charge in [0, 0.05) is 29.4 Å². The first-order valence-electron chi connectivity index (χ1n) is 7.41. The Morgan fingerprint density at radius 1 is 1.20 bits per heavy atom. The molecule has 3 heteroatoms. The van der Waals surface area contributed by atoms with Crippen LogP contribution in [0.25, 0.3) is 10.9 Å². The van der Waals surface area contributed by atoms with Gasteiger partial charge in [-0.15, -0.1) is 0 Å². The van der Waals surface area contributed by atoms with E-state index in [1.165, 1.54) is 36.6 Å². The number of rotatable bonds is 5. The minimum absolute atomic E-state index is 0.475. The van der Waals surface area contributed by atoms with Crippen molar-refractivity contribution in [2.75, 3.05) is 12.8 Å². The van der Waals surface area contributed by atoms with Gasteiger partial charge in [-0.25, -0.2) is 0 Å². The average molecular weight is 286 g/mol. The first kappa shape index (κ1) is 13.9. The highest BCUT2D eigenvalue weighted by Crippen LogP contribution is 2.39. The summed E-state index contributed by atoms with van der Waals surface area (Å²) in [6.07, 6.45) is 9.67. The third kappa shape index (κ3) is 2.84. The molecular formula is C17H22N2S. The Kier molecular flexibility index (Phi) is 4.27. The van der Waals surface area contributed by atoms with Crippen LogP contribution in [0, 0.1) is 0 Å². The first-order chi connectivity index (χ1) is 9.83. The van der Waals surface area contributed by atoms with Crippen molar-refractivity contribution >= 4 is 22.7 Å². The molecule has 3 rings (SSSR count). The van der Waals surface area contributed by atoms with Gasteiger partial charge in [0.05, 0.1) is 5.52 Å². The molecule has 2 aromatic rings. The smallest absolute Gasteiger partial charge is 0.0705 e. The van der Waals surface area contributed by atoms with Crippen LogP contribution in [-0.4, -0.2) is 22.5 Å². The van der Waals surface area contributed by atoms with E-state index in [9.17, 15) is 0 Å².